The monoisotopic (exact) mass is 330 g/mol. The molecule has 0 aliphatic rings. The number of allylic oxidation sites excluding steroid dienone is 3. The van der Waals surface area contributed by atoms with E-state index < -0.39 is 10.0 Å². The van der Waals surface area contributed by atoms with Crippen molar-refractivity contribution in [2.45, 2.75) is 6.92 Å². The van der Waals surface area contributed by atoms with Crippen molar-refractivity contribution in [1.29, 1.82) is 0 Å². The van der Waals surface area contributed by atoms with E-state index in [0.29, 0.717) is 22.4 Å². The number of hydrogen-bond acceptors (Lipinski definition) is 4. The van der Waals surface area contributed by atoms with Crippen LogP contribution in [0.15, 0.2) is 61.5 Å². The van der Waals surface area contributed by atoms with Gasteiger partial charge in [-0.25, -0.2) is 23.1 Å². The zero-order valence-corrected chi connectivity index (χ0v) is 13.7. The summed E-state index contributed by atoms with van der Waals surface area (Å²) >= 11 is 0. The van der Waals surface area contributed by atoms with Crippen molar-refractivity contribution in [3.63, 3.8) is 0 Å². The van der Waals surface area contributed by atoms with Gasteiger partial charge in [-0.3, -0.25) is 0 Å². The summed E-state index contributed by atoms with van der Waals surface area (Å²) in [5, 5.41) is 9.48. The van der Waals surface area contributed by atoms with Crippen LogP contribution in [0, 0.1) is 6.92 Å². The second-order valence-corrected chi connectivity index (χ2v) is 6.87. The molecular formula is C16H18N4O2S. The first-order chi connectivity index (χ1) is 10.6. The van der Waals surface area contributed by atoms with E-state index in [9.17, 15) is 8.42 Å². The van der Waals surface area contributed by atoms with E-state index in [0.717, 1.165) is 11.2 Å². The van der Waals surface area contributed by atoms with Gasteiger partial charge in [-0.2, -0.15) is 5.10 Å². The predicted molar refractivity (Wildman–Crippen MR) is 92.2 cm³/mol. The highest BCUT2D eigenvalue weighted by molar-refractivity contribution is 7.89. The van der Waals surface area contributed by atoms with Crippen molar-refractivity contribution in [2.75, 3.05) is 5.75 Å². The van der Waals surface area contributed by atoms with Crippen LogP contribution in [0.25, 0.3) is 11.2 Å². The lowest BCUT2D eigenvalue weighted by molar-refractivity contribution is 0.600. The second-order valence-electron chi connectivity index (χ2n) is 5.25. The van der Waals surface area contributed by atoms with E-state index in [4.69, 9.17) is 5.14 Å². The molecule has 0 saturated carbocycles. The Morgan fingerprint density at radius 3 is 2.52 bits per heavy atom. The Bertz CT molecular complexity index is 952. The van der Waals surface area contributed by atoms with Crippen molar-refractivity contribution in [1.82, 2.24) is 14.6 Å². The zero-order chi connectivity index (χ0) is 17.4. The molecule has 120 valence electrons. The highest BCUT2D eigenvalue weighted by atomic mass is 32.2. The fourth-order valence-electron chi connectivity index (χ4n) is 2.11. The van der Waals surface area contributed by atoms with Gasteiger partial charge in [0.15, 0.2) is 5.65 Å². The normalized spacial score (nSPS) is 11.4. The molecule has 0 aliphatic carbocycles. The quantitative estimate of drug-likeness (QED) is 0.820. The van der Waals surface area contributed by atoms with E-state index in [1.807, 2.05) is 13.0 Å². The minimum Gasteiger partial charge on any atom is -0.236 e. The van der Waals surface area contributed by atoms with Gasteiger partial charge in [0.05, 0.1) is 11.4 Å². The Morgan fingerprint density at radius 2 is 1.91 bits per heavy atom. The highest BCUT2D eigenvalue weighted by Gasteiger charge is 2.16. The molecule has 0 radical (unpaired) electrons. The molecule has 6 nitrogen and oxygen atoms in total. The van der Waals surface area contributed by atoms with Crippen molar-refractivity contribution in [2.24, 2.45) is 5.14 Å². The number of hydrogen-bond donors (Lipinski definition) is 1. The molecule has 2 aromatic rings. The molecule has 0 aliphatic heterocycles. The summed E-state index contributed by atoms with van der Waals surface area (Å²) in [5.41, 5.74) is 3.90. The summed E-state index contributed by atoms with van der Waals surface area (Å²) in [6, 6.07) is 1.88. The number of fused-ring (bicyclic) bond motifs is 1. The maximum absolute atomic E-state index is 11.2. The molecule has 0 fully saturated rings. The minimum absolute atomic E-state index is 0.278. The van der Waals surface area contributed by atoms with Crippen LogP contribution in [-0.2, 0) is 10.0 Å². The lowest BCUT2D eigenvalue weighted by Gasteiger charge is -2.15. The van der Waals surface area contributed by atoms with Crippen LogP contribution in [0.3, 0.4) is 0 Å². The third-order valence-electron chi connectivity index (χ3n) is 3.39. The molecule has 2 N–H and O–H groups in total. The van der Waals surface area contributed by atoms with Crippen LogP contribution in [0.5, 0.6) is 0 Å². The summed E-state index contributed by atoms with van der Waals surface area (Å²) in [6.45, 7) is 17.4. The van der Waals surface area contributed by atoms with Crippen LogP contribution in [-0.4, -0.2) is 28.8 Å². The Labute approximate surface area is 135 Å². The first-order valence-electron chi connectivity index (χ1n) is 6.67. The summed E-state index contributed by atoms with van der Waals surface area (Å²) in [5.74, 6) is -0.384. The number of rotatable bonds is 6. The zero-order valence-electron chi connectivity index (χ0n) is 12.9. The maximum atomic E-state index is 11.2. The number of primary sulfonamides is 1. The minimum atomic E-state index is -3.68. The number of imidazole rings is 1. The molecule has 0 spiro atoms. The van der Waals surface area contributed by atoms with Crippen molar-refractivity contribution >= 4 is 21.2 Å². The topological polar surface area (TPSA) is 90.4 Å². The lowest BCUT2D eigenvalue weighted by atomic mass is 9.94. The van der Waals surface area contributed by atoms with E-state index in [2.05, 4.69) is 36.4 Å². The molecular weight excluding hydrogens is 312 g/mol. The van der Waals surface area contributed by atoms with Crippen molar-refractivity contribution in [3.8, 4) is 0 Å². The van der Waals surface area contributed by atoms with Gasteiger partial charge in [0, 0.05) is 18.0 Å². The van der Waals surface area contributed by atoms with Gasteiger partial charge in [-0.15, -0.1) is 0 Å². The Morgan fingerprint density at radius 1 is 1.26 bits per heavy atom. The Kier molecular flexibility index (Phi) is 4.35. The summed E-state index contributed by atoms with van der Waals surface area (Å²) in [7, 11) is -3.68. The first kappa shape index (κ1) is 16.9. The first-order valence-corrected chi connectivity index (χ1v) is 8.39. The molecule has 0 bridgehead atoms. The van der Waals surface area contributed by atoms with Crippen LogP contribution >= 0.6 is 0 Å². The third kappa shape index (κ3) is 3.64. The molecule has 2 rings (SSSR count). The Hall–Kier alpha value is -2.51. The molecule has 0 amide bonds. The largest absolute Gasteiger partial charge is 0.236 e. The molecule has 0 saturated heterocycles. The molecule has 7 heteroatoms. The van der Waals surface area contributed by atoms with Gasteiger partial charge in [0.1, 0.15) is 0 Å². The SMILES string of the molecule is C=C(CS(N)(=O)=O)C(=C)C(=C)C(=C)c1nn2ccnc2cc1C. The van der Waals surface area contributed by atoms with Crippen LogP contribution in [0.1, 0.15) is 11.3 Å². The predicted octanol–water partition coefficient (Wildman–Crippen LogP) is 2.01. The van der Waals surface area contributed by atoms with Crippen LogP contribution < -0.4 is 5.14 Å². The smallest absolute Gasteiger partial charge is 0.213 e. The van der Waals surface area contributed by atoms with E-state index >= 15 is 0 Å². The molecule has 0 aromatic carbocycles. The highest BCUT2D eigenvalue weighted by Crippen LogP contribution is 2.29. The number of sulfonamides is 1. The van der Waals surface area contributed by atoms with Gasteiger partial charge in [-0.1, -0.05) is 26.3 Å². The number of aryl methyl sites for hydroxylation is 1. The lowest BCUT2D eigenvalue weighted by Crippen LogP contribution is -2.18. The average Bonchev–Trinajstić information content (AvgIpc) is 2.89. The number of aromatic nitrogens is 3. The summed E-state index contributed by atoms with van der Waals surface area (Å²) in [4.78, 5) is 4.16. The molecule has 23 heavy (non-hydrogen) atoms. The van der Waals surface area contributed by atoms with Gasteiger partial charge in [-0.05, 0) is 35.3 Å². The van der Waals surface area contributed by atoms with Crippen LogP contribution in [0.4, 0.5) is 0 Å². The van der Waals surface area contributed by atoms with Crippen molar-refractivity contribution < 1.29 is 8.42 Å². The van der Waals surface area contributed by atoms with Crippen LogP contribution in [0.2, 0.25) is 0 Å². The summed E-state index contributed by atoms with van der Waals surface area (Å²) < 4.78 is 24.0. The van der Waals surface area contributed by atoms with E-state index in [1.165, 1.54) is 0 Å². The average molecular weight is 330 g/mol. The van der Waals surface area contributed by atoms with Gasteiger partial charge in [0.25, 0.3) is 0 Å². The molecule has 2 heterocycles. The fourth-order valence-corrected chi connectivity index (χ4v) is 2.77. The number of nitrogens with two attached hydrogens (primary N) is 1. The van der Waals surface area contributed by atoms with Gasteiger partial charge < -0.3 is 0 Å². The van der Waals surface area contributed by atoms with Gasteiger partial charge >= 0.3 is 0 Å². The third-order valence-corrected chi connectivity index (χ3v) is 4.14. The molecule has 0 unspecified atom stereocenters. The maximum Gasteiger partial charge on any atom is 0.213 e. The standard InChI is InChI=1S/C16H18N4O2S/c1-10-8-15-18-6-7-20(15)19-16(10)14(5)13(4)12(3)11(2)9-23(17,21)22/h6-8H,2-5,9H2,1H3,(H2,17,21,22). The molecule has 0 atom stereocenters. The van der Waals surface area contributed by atoms with E-state index in [1.54, 1.807) is 16.9 Å². The fraction of sp³-hybridized carbons (Fsp3) is 0.125. The van der Waals surface area contributed by atoms with Crippen molar-refractivity contribution in [3.05, 3.63) is 72.8 Å². The number of nitrogens with zero attached hydrogens (tertiary/aromatic N) is 3. The second kappa shape index (κ2) is 5.94. The summed E-state index contributed by atoms with van der Waals surface area (Å²) in [6.07, 6.45) is 3.37. The van der Waals surface area contributed by atoms with E-state index in [-0.39, 0.29) is 11.3 Å². The Balaban J connectivity index is 2.31. The molecule has 2 aromatic heterocycles. The van der Waals surface area contributed by atoms with Gasteiger partial charge in [0.2, 0.25) is 10.0 Å².